The van der Waals surface area contributed by atoms with Crippen LogP contribution >= 0.6 is 0 Å². The van der Waals surface area contributed by atoms with E-state index in [1.165, 1.54) is 7.11 Å². The molecule has 0 saturated carbocycles. The summed E-state index contributed by atoms with van der Waals surface area (Å²) in [6.45, 7) is 4.25. The molecule has 24 heavy (non-hydrogen) atoms. The van der Waals surface area contributed by atoms with Gasteiger partial charge in [-0.15, -0.1) is 0 Å². The van der Waals surface area contributed by atoms with Gasteiger partial charge in [-0.3, -0.25) is 4.79 Å². The largest absolute Gasteiger partial charge is 0.463 e. The maximum Gasteiger partial charge on any atom is 0.305 e. The summed E-state index contributed by atoms with van der Waals surface area (Å²) in [4.78, 5) is 11.6. The molecule has 0 aromatic heterocycles. The second-order valence-electron chi connectivity index (χ2n) is 5.78. The molecule has 0 aliphatic heterocycles. The molecule has 2 unspecified atom stereocenters. The van der Waals surface area contributed by atoms with Crippen LogP contribution in [0, 0.1) is 22.7 Å². The number of rotatable bonds is 12. The number of ether oxygens (including phenoxy) is 3. The molecule has 0 fully saturated rings. The lowest BCUT2D eigenvalue weighted by molar-refractivity contribution is -0.145. The van der Waals surface area contributed by atoms with E-state index in [1.807, 2.05) is 6.07 Å². The van der Waals surface area contributed by atoms with E-state index in [0.29, 0.717) is 26.1 Å². The molecule has 0 N–H and O–H groups in total. The van der Waals surface area contributed by atoms with Crippen molar-refractivity contribution in [3.05, 3.63) is 0 Å². The highest BCUT2D eigenvalue weighted by atomic mass is 16.6. The van der Waals surface area contributed by atoms with Gasteiger partial charge in [-0.05, 0) is 33.1 Å². The van der Waals surface area contributed by atoms with E-state index in [1.54, 1.807) is 21.0 Å². The zero-order valence-corrected chi connectivity index (χ0v) is 14.9. The third-order valence-electron chi connectivity index (χ3n) is 3.35. The predicted molar refractivity (Wildman–Crippen MR) is 86.1 cm³/mol. The molecular formula is C16H26N4O4. The molecule has 0 saturated heterocycles. The minimum atomic E-state index is -1.18. The molecule has 0 bridgehead atoms. The van der Waals surface area contributed by atoms with Gasteiger partial charge >= 0.3 is 5.97 Å². The zero-order chi connectivity index (χ0) is 18.5. The van der Waals surface area contributed by atoms with Crippen LogP contribution in [0.25, 0.3) is 0 Å². The third kappa shape index (κ3) is 9.19. The van der Waals surface area contributed by atoms with Gasteiger partial charge in [0.1, 0.15) is 6.61 Å². The van der Waals surface area contributed by atoms with Crippen LogP contribution in [0.5, 0.6) is 0 Å². The number of nitrogens with zero attached hydrogens (tertiary/aromatic N) is 4. The van der Waals surface area contributed by atoms with Gasteiger partial charge in [0.05, 0.1) is 18.7 Å². The summed E-state index contributed by atoms with van der Waals surface area (Å²) in [6.07, 6.45) is 1.34. The Labute approximate surface area is 143 Å². The molecule has 8 nitrogen and oxygen atoms in total. The van der Waals surface area contributed by atoms with Crippen LogP contribution in [0.1, 0.15) is 39.5 Å². The number of methoxy groups -OCH3 is 2. The Morgan fingerprint density at radius 3 is 2.00 bits per heavy atom. The van der Waals surface area contributed by atoms with Gasteiger partial charge in [0, 0.05) is 27.2 Å². The molecule has 0 aromatic rings. The van der Waals surface area contributed by atoms with Crippen LogP contribution < -0.4 is 0 Å². The molecule has 134 valence electrons. The first kappa shape index (κ1) is 22.0. The molecular weight excluding hydrogens is 312 g/mol. The standard InChI is InChI=1S/C16H26N4O4/c1-15(12-17,7-5-9-22-3)19-20-16(2,13-18)8-6-14(21)24-11-10-23-4/h5-11H2,1-4H3. The van der Waals surface area contributed by atoms with Crippen molar-refractivity contribution in [1.82, 2.24) is 0 Å². The normalized spacial score (nSPS) is 15.9. The summed E-state index contributed by atoms with van der Waals surface area (Å²) in [5.74, 6) is -0.424. The topological polar surface area (TPSA) is 117 Å². The van der Waals surface area contributed by atoms with Crippen LogP contribution in [-0.2, 0) is 19.0 Å². The Morgan fingerprint density at radius 1 is 0.958 bits per heavy atom. The van der Waals surface area contributed by atoms with E-state index in [4.69, 9.17) is 14.2 Å². The summed E-state index contributed by atoms with van der Waals surface area (Å²) in [5, 5.41) is 26.7. The van der Waals surface area contributed by atoms with E-state index in [2.05, 4.69) is 16.3 Å². The van der Waals surface area contributed by atoms with Crippen LogP contribution in [0.4, 0.5) is 0 Å². The predicted octanol–water partition coefficient (Wildman–Crippen LogP) is 2.40. The first-order chi connectivity index (χ1) is 11.3. The van der Waals surface area contributed by atoms with Gasteiger partial charge in [-0.2, -0.15) is 20.8 Å². The highest BCUT2D eigenvalue weighted by Crippen LogP contribution is 2.23. The van der Waals surface area contributed by atoms with E-state index in [0.717, 1.165) is 0 Å². The number of esters is 1. The lowest BCUT2D eigenvalue weighted by atomic mass is 9.98. The van der Waals surface area contributed by atoms with Gasteiger partial charge in [-0.25, -0.2) is 0 Å². The second kappa shape index (κ2) is 11.5. The van der Waals surface area contributed by atoms with Gasteiger partial charge in [0.2, 0.25) is 0 Å². The SMILES string of the molecule is COCCCC(C)(C#N)N=NC(C)(C#N)CCC(=O)OCCOC. The fourth-order valence-electron chi connectivity index (χ4n) is 1.69. The Balaban J connectivity index is 4.65. The van der Waals surface area contributed by atoms with Gasteiger partial charge < -0.3 is 14.2 Å². The molecule has 0 aromatic carbocycles. The monoisotopic (exact) mass is 338 g/mol. The molecule has 8 heteroatoms. The fourth-order valence-corrected chi connectivity index (χ4v) is 1.69. The van der Waals surface area contributed by atoms with Crippen molar-refractivity contribution < 1.29 is 19.0 Å². The first-order valence-electron chi connectivity index (χ1n) is 7.75. The molecule has 0 heterocycles. The second-order valence-corrected chi connectivity index (χ2v) is 5.78. The van der Waals surface area contributed by atoms with Crippen LogP contribution in [-0.4, -0.2) is 51.1 Å². The number of carbonyl (C=O) groups excluding carboxylic acids is 1. The Kier molecular flexibility index (Phi) is 10.5. The first-order valence-corrected chi connectivity index (χ1v) is 7.75. The van der Waals surface area contributed by atoms with Crippen LogP contribution in [0.2, 0.25) is 0 Å². The van der Waals surface area contributed by atoms with Crippen molar-refractivity contribution in [1.29, 1.82) is 10.5 Å². The Morgan fingerprint density at radius 2 is 1.50 bits per heavy atom. The molecule has 0 aliphatic carbocycles. The Bertz CT molecular complexity index is 497. The minimum absolute atomic E-state index is 0.0414. The lowest BCUT2D eigenvalue weighted by Crippen LogP contribution is -2.25. The van der Waals surface area contributed by atoms with E-state index in [-0.39, 0.29) is 19.4 Å². The number of nitriles is 2. The molecule has 0 amide bonds. The van der Waals surface area contributed by atoms with Gasteiger partial charge in [0.25, 0.3) is 0 Å². The summed E-state index contributed by atoms with van der Waals surface area (Å²) >= 11 is 0. The smallest absolute Gasteiger partial charge is 0.305 e. The average molecular weight is 338 g/mol. The van der Waals surface area contributed by atoms with Crippen LogP contribution in [0.15, 0.2) is 10.2 Å². The van der Waals surface area contributed by atoms with Crippen molar-refractivity contribution in [2.45, 2.75) is 50.6 Å². The molecule has 0 rings (SSSR count). The van der Waals surface area contributed by atoms with Gasteiger partial charge in [-0.1, -0.05) is 0 Å². The van der Waals surface area contributed by atoms with Gasteiger partial charge in [0.15, 0.2) is 11.1 Å². The maximum atomic E-state index is 11.6. The van der Waals surface area contributed by atoms with Crippen molar-refractivity contribution in [3.63, 3.8) is 0 Å². The summed E-state index contributed by atoms with van der Waals surface area (Å²) in [6, 6.07) is 4.14. The zero-order valence-electron chi connectivity index (χ0n) is 14.9. The summed E-state index contributed by atoms with van der Waals surface area (Å²) in [7, 11) is 3.10. The molecule has 0 aliphatic rings. The lowest BCUT2D eigenvalue weighted by Gasteiger charge is -2.19. The number of azo groups is 1. The average Bonchev–Trinajstić information content (AvgIpc) is 2.59. The third-order valence-corrected chi connectivity index (χ3v) is 3.35. The van der Waals surface area contributed by atoms with E-state index < -0.39 is 17.0 Å². The fraction of sp³-hybridized carbons (Fsp3) is 0.812. The van der Waals surface area contributed by atoms with Crippen molar-refractivity contribution in [3.8, 4) is 12.1 Å². The molecule has 2 atom stereocenters. The number of carbonyl (C=O) groups is 1. The summed E-state index contributed by atoms with van der Waals surface area (Å²) < 4.78 is 14.7. The number of hydrogen-bond acceptors (Lipinski definition) is 8. The van der Waals surface area contributed by atoms with Crippen molar-refractivity contribution in [2.75, 3.05) is 34.0 Å². The van der Waals surface area contributed by atoms with E-state index >= 15 is 0 Å². The van der Waals surface area contributed by atoms with E-state index in [9.17, 15) is 15.3 Å². The van der Waals surface area contributed by atoms with Crippen LogP contribution in [0.3, 0.4) is 0 Å². The molecule has 0 radical (unpaired) electrons. The Hall–Kier alpha value is -2.03. The highest BCUT2D eigenvalue weighted by molar-refractivity contribution is 5.69. The number of hydrogen-bond donors (Lipinski definition) is 0. The molecule has 0 spiro atoms. The highest BCUT2D eigenvalue weighted by Gasteiger charge is 2.29. The maximum absolute atomic E-state index is 11.6. The van der Waals surface area contributed by atoms with Crippen molar-refractivity contribution in [2.24, 2.45) is 10.2 Å². The van der Waals surface area contributed by atoms with Crippen molar-refractivity contribution >= 4 is 5.97 Å². The minimum Gasteiger partial charge on any atom is -0.463 e. The quantitative estimate of drug-likeness (QED) is 0.306. The summed E-state index contributed by atoms with van der Waals surface area (Å²) in [5.41, 5.74) is -2.20.